The standard InChI is InChI=1S/C15H15F2N3O2.C10H11F/c16-15(17)4-1-2-8(7-15)10-6-11(21)12-9(20-10)3-5-19-13(12)14(18)22;11-10-6-2-5-9(7-10)8-3-1-4-8/h3,5-6,8H,1-2,4,7H2,(H2,18,22)(H,20,21);2,5-8H,1,3-4H2/t8-;/m0./s1. The molecule has 0 aliphatic heterocycles. The van der Waals surface area contributed by atoms with Crippen molar-refractivity contribution in [1.82, 2.24) is 9.97 Å². The number of benzene rings is 1. The van der Waals surface area contributed by atoms with Crippen LogP contribution in [0.4, 0.5) is 13.2 Å². The molecule has 2 fully saturated rings. The number of carbonyl (C=O) groups excluding carboxylic acids is 1. The highest BCUT2D eigenvalue weighted by Gasteiger charge is 2.37. The minimum atomic E-state index is -2.70. The van der Waals surface area contributed by atoms with E-state index in [1.165, 1.54) is 49.2 Å². The molecule has 2 aliphatic carbocycles. The van der Waals surface area contributed by atoms with Gasteiger partial charge in [-0.1, -0.05) is 18.6 Å². The Labute approximate surface area is 189 Å². The van der Waals surface area contributed by atoms with Gasteiger partial charge in [0, 0.05) is 36.7 Å². The summed E-state index contributed by atoms with van der Waals surface area (Å²) < 4.78 is 39.8. The second-order valence-electron chi connectivity index (χ2n) is 8.87. The van der Waals surface area contributed by atoms with E-state index in [2.05, 4.69) is 9.97 Å². The molecule has 33 heavy (non-hydrogen) atoms. The molecule has 1 aromatic carbocycles. The maximum Gasteiger partial charge on any atom is 0.268 e. The van der Waals surface area contributed by atoms with Gasteiger partial charge in [-0.3, -0.25) is 14.6 Å². The molecule has 0 spiro atoms. The van der Waals surface area contributed by atoms with Gasteiger partial charge in [0.15, 0.2) is 5.43 Å². The van der Waals surface area contributed by atoms with E-state index in [0.717, 1.165) is 0 Å². The first-order valence-corrected chi connectivity index (χ1v) is 11.2. The predicted octanol–water partition coefficient (Wildman–Crippen LogP) is 5.41. The van der Waals surface area contributed by atoms with Gasteiger partial charge in [-0.15, -0.1) is 0 Å². The zero-order chi connectivity index (χ0) is 23.6. The van der Waals surface area contributed by atoms with Crippen LogP contribution in [0.5, 0.6) is 0 Å². The molecule has 2 heterocycles. The number of nitrogens with zero attached hydrogens (tertiary/aromatic N) is 1. The topological polar surface area (TPSA) is 88.8 Å². The summed E-state index contributed by atoms with van der Waals surface area (Å²) in [7, 11) is 0. The smallest absolute Gasteiger partial charge is 0.268 e. The minimum absolute atomic E-state index is 0.0984. The molecule has 3 N–H and O–H groups in total. The van der Waals surface area contributed by atoms with Crippen molar-refractivity contribution >= 4 is 16.8 Å². The number of primary amides is 1. The predicted molar refractivity (Wildman–Crippen MR) is 120 cm³/mol. The Morgan fingerprint density at radius 3 is 2.48 bits per heavy atom. The van der Waals surface area contributed by atoms with Gasteiger partial charge in [0.1, 0.15) is 11.5 Å². The van der Waals surface area contributed by atoms with Crippen LogP contribution in [0.3, 0.4) is 0 Å². The zero-order valence-corrected chi connectivity index (χ0v) is 18.1. The molecule has 0 radical (unpaired) electrons. The summed E-state index contributed by atoms with van der Waals surface area (Å²) >= 11 is 0. The normalized spacial score (nSPS) is 19.9. The van der Waals surface area contributed by atoms with E-state index < -0.39 is 23.2 Å². The largest absolute Gasteiger partial charge is 0.364 e. The Morgan fingerprint density at radius 1 is 1.09 bits per heavy atom. The maximum absolute atomic E-state index is 13.6. The molecule has 174 valence electrons. The van der Waals surface area contributed by atoms with Crippen molar-refractivity contribution in [3.05, 3.63) is 75.6 Å². The Hall–Kier alpha value is -3.16. The van der Waals surface area contributed by atoms with E-state index in [4.69, 9.17) is 5.73 Å². The molecule has 5 rings (SSSR count). The number of carbonyl (C=O) groups is 1. The number of aromatic amines is 1. The van der Waals surface area contributed by atoms with Crippen LogP contribution in [0.1, 0.15) is 78.5 Å². The summed E-state index contributed by atoms with van der Waals surface area (Å²) in [5.41, 5.74) is 6.71. The Kier molecular flexibility index (Phi) is 6.54. The average molecular weight is 457 g/mol. The number of amides is 1. The number of rotatable bonds is 3. The second kappa shape index (κ2) is 9.37. The van der Waals surface area contributed by atoms with Crippen molar-refractivity contribution in [2.75, 3.05) is 0 Å². The van der Waals surface area contributed by atoms with Crippen molar-refractivity contribution in [3.63, 3.8) is 0 Å². The third-order valence-corrected chi connectivity index (χ3v) is 6.50. The number of alkyl halides is 2. The summed E-state index contributed by atoms with van der Waals surface area (Å²) in [6, 6.07) is 9.79. The monoisotopic (exact) mass is 457 g/mol. The highest BCUT2D eigenvalue weighted by Crippen LogP contribution is 2.41. The van der Waals surface area contributed by atoms with E-state index in [1.54, 1.807) is 12.1 Å². The van der Waals surface area contributed by atoms with Crippen LogP contribution in [0.15, 0.2) is 47.4 Å². The third-order valence-electron chi connectivity index (χ3n) is 6.50. The highest BCUT2D eigenvalue weighted by molar-refractivity contribution is 6.03. The fourth-order valence-corrected chi connectivity index (χ4v) is 4.57. The Bertz CT molecular complexity index is 1220. The SMILES string of the molecule is Fc1cccc(C2CCC2)c1.NC(=O)c1nccc2[nH]c([C@H]3CCCC(F)(F)C3)cc(=O)c12. The molecule has 8 heteroatoms. The Morgan fingerprint density at radius 2 is 1.85 bits per heavy atom. The molecule has 0 unspecified atom stereocenters. The van der Waals surface area contributed by atoms with Crippen molar-refractivity contribution in [2.45, 2.75) is 62.7 Å². The lowest BCUT2D eigenvalue weighted by Gasteiger charge is -2.29. The molecule has 1 amide bonds. The van der Waals surface area contributed by atoms with Crippen LogP contribution in [-0.4, -0.2) is 21.8 Å². The fraction of sp³-hybridized carbons (Fsp3) is 0.400. The molecule has 5 nitrogen and oxygen atoms in total. The third kappa shape index (κ3) is 5.26. The lowest BCUT2D eigenvalue weighted by molar-refractivity contribution is -0.0412. The van der Waals surface area contributed by atoms with Gasteiger partial charge in [0.2, 0.25) is 5.92 Å². The van der Waals surface area contributed by atoms with Crippen LogP contribution in [0.2, 0.25) is 0 Å². The first-order chi connectivity index (χ1) is 15.7. The summed E-state index contributed by atoms with van der Waals surface area (Å²) in [5.74, 6) is -3.36. The lowest BCUT2D eigenvalue weighted by atomic mass is 9.80. The number of H-pyrrole nitrogens is 1. The van der Waals surface area contributed by atoms with Gasteiger partial charge < -0.3 is 10.7 Å². The van der Waals surface area contributed by atoms with Gasteiger partial charge in [-0.2, -0.15) is 0 Å². The van der Waals surface area contributed by atoms with Gasteiger partial charge in [-0.25, -0.2) is 13.2 Å². The van der Waals surface area contributed by atoms with Crippen molar-refractivity contribution < 1.29 is 18.0 Å². The van der Waals surface area contributed by atoms with Crippen LogP contribution < -0.4 is 11.2 Å². The summed E-state index contributed by atoms with van der Waals surface area (Å²) in [5, 5.41) is 0.0984. The summed E-state index contributed by atoms with van der Waals surface area (Å²) in [6.07, 6.45) is 5.77. The molecule has 2 aliphatic rings. The van der Waals surface area contributed by atoms with Crippen LogP contribution in [0.25, 0.3) is 10.9 Å². The number of nitrogens with two attached hydrogens (primary N) is 1. The summed E-state index contributed by atoms with van der Waals surface area (Å²) in [4.78, 5) is 30.4. The van der Waals surface area contributed by atoms with Crippen LogP contribution in [-0.2, 0) is 0 Å². The maximum atomic E-state index is 13.6. The Balaban J connectivity index is 0.000000196. The fourth-order valence-electron chi connectivity index (χ4n) is 4.57. The molecule has 0 bridgehead atoms. The number of nitrogens with one attached hydrogen (secondary N) is 1. The quantitative estimate of drug-likeness (QED) is 0.551. The van der Waals surface area contributed by atoms with E-state index in [1.807, 2.05) is 6.07 Å². The van der Waals surface area contributed by atoms with E-state index in [9.17, 15) is 22.8 Å². The highest BCUT2D eigenvalue weighted by atomic mass is 19.3. The van der Waals surface area contributed by atoms with Gasteiger partial charge >= 0.3 is 0 Å². The molecule has 1 atom stereocenters. The molecule has 3 aromatic rings. The number of aromatic nitrogens is 2. The van der Waals surface area contributed by atoms with Crippen LogP contribution >= 0.6 is 0 Å². The van der Waals surface area contributed by atoms with Gasteiger partial charge in [0.05, 0.1) is 10.9 Å². The van der Waals surface area contributed by atoms with E-state index in [-0.39, 0.29) is 29.7 Å². The molecular formula is C25H26F3N3O2. The first-order valence-electron chi connectivity index (χ1n) is 11.2. The minimum Gasteiger partial charge on any atom is -0.364 e. The van der Waals surface area contributed by atoms with E-state index >= 15 is 0 Å². The number of fused-ring (bicyclic) bond motifs is 1. The first kappa shape index (κ1) is 23.0. The van der Waals surface area contributed by atoms with Gasteiger partial charge in [0.25, 0.3) is 5.91 Å². The molecule has 2 aromatic heterocycles. The molecule has 2 saturated carbocycles. The average Bonchev–Trinajstić information content (AvgIpc) is 2.72. The molecular weight excluding hydrogens is 431 g/mol. The van der Waals surface area contributed by atoms with Crippen molar-refractivity contribution in [3.8, 4) is 0 Å². The summed E-state index contributed by atoms with van der Waals surface area (Å²) in [6.45, 7) is 0. The van der Waals surface area contributed by atoms with Crippen molar-refractivity contribution in [1.29, 1.82) is 0 Å². The molecule has 0 saturated heterocycles. The number of hydrogen-bond acceptors (Lipinski definition) is 3. The van der Waals surface area contributed by atoms with Crippen LogP contribution in [0, 0.1) is 5.82 Å². The van der Waals surface area contributed by atoms with E-state index in [0.29, 0.717) is 30.0 Å². The zero-order valence-electron chi connectivity index (χ0n) is 18.1. The number of pyridine rings is 2. The van der Waals surface area contributed by atoms with Crippen molar-refractivity contribution in [2.24, 2.45) is 5.73 Å². The second-order valence-corrected chi connectivity index (χ2v) is 8.87. The number of hydrogen-bond donors (Lipinski definition) is 2. The van der Waals surface area contributed by atoms with Gasteiger partial charge in [-0.05, 0) is 55.4 Å². The number of halogens is 3. The lowest BCUT2D eigenvalue weighted by Crippen LogP contribution is -2.26.